The molecule has 1 N–H and O–H groups in total. The number of hydrogen-bond donors (Lipinski definition) is 1. The molecule has 0 spiro atoms. The minimum atomic E-state index is -0.552. The van der Waals surface area contributed by atoms with E-state index in [0.29, 0.717) is 22.4 Å². The number of anilines is 1. The summed E-state index contributed by atoms with van der Waals surface area (Å²) in [5, 5.41) is 3.24. The van der Waals surface area contributed by atoms with Crippen molar-refractivity contribution in [3.8, 4) is 0 Å². The summed E-state index contributed by atoms with van der Waals surface area (Å²) in [6, 6.07) is 16.4. The van der Waals surface area contributed by atoms with E-state index >= 15 is 0 Å². The average Bonchev–Trinajstić information content (AvgIpc) is 2.64. The molecule has 134 valence electrons. The largest absolute Gasteiger partial charge is 0.324 e. The summed E-state index contributed by atoms with van der Waals surface area (Å²) < 4.78 is 0. The van der Waals surface area contributed by atoms with Crippen LogP contribution in [-0.2, 0) is 9.59 Å². The van der Waals surface area contributed by atoms with Crippen LogP contribution in [0.15, 0.2) is 59.6 Å². The van der Waals surface area contributed by atoms with E-state index in [-0.39, 0.29) is 18.2 Å². The Bertz CT molecular complexity index is 842. The molecule has 0 radical (unpaired) electrons. The molecule has 1 atom stereocenters. The van der Waals surface area contributed by atoms with Gasteiger partial charge in [0.05, 0.1) is 16.4 Å². The van der Waals surface area contributed by atoms with Crippen molar-refractivity contribution in [1.82, 2.24) is 4.90 Å². The van der Waals surface area contributed by atoms with Gasteiger partial charge in [0.15, 0.2) is 5.17 Å². The lowest BCUT2D eigenvalue weighted by Crippen LogP contribution is -2.45. The number of carbonyl (C=O) groups excluding carboxylic acids is 2. The zero-order chi connectivity index (χ0) is 18.5. The first-order valence-corrected chi connectivity index (χ1v) is 9.50. The van der Waals surface area contributed by atoms with Crippen molar-refractivity contribution in [2.75, 3.05) is 11.9 Å². The first-order valence-electron chi connectivity index (χ1n) is 8.24. The van der Waals surface area contributed by atoms with E-state index in [4.69, 9.17) is 11.6 Å². The first-order chi connectivity index (χ1) is 12.6. The van der Waals surface area contributed by atoms with Crippen LogP contribution < -0.4 is 5.32 Å². The molecule has 1 aliphatic rings. The molecule has 0 bridgehead atoms. The van der Waals surface area contributed by atoms with Crippen molar-refractivity contribution in [1.29, 1.82) is 0 Å². The van der Waals surface area contributed by atoms with Crippen LogP contribution in [0.2, 0.25) is 5.02 Å². The lowest BCUT2D eigenvalue weighted by atomic mass is 10.2. The molecule has 1 heterocycles. The number of para-hydroxylation sites is 2. The summed E-state index contributed by atoms with van der Waals surface area (Å²) in [4.78, 5) is 31.3. The number of hydrogen-bond acceptors (Lipinski definition) is 4. The molecular weight excluding hydrogens is 370 g/mol. The summed E-state index contributed by atoms with van der Waals surface area (Å²) in [5.74, 6) is -0.367. The van der Waals surface area contributed by atoms with Crippen LogP contribution >= 0.6 is 23.4 Å². The minimum Gasteiger partial charge on any atom is -0.324 e. The second kappa shape index (κ2) is 8.38. The SMILES string of the molecule is CCN1C(=O)CC(C(=O)Nc2ccccc2Cl)SC1=Nc1ccccc1. The standard InChI is InChI=1S/C19H18ClN3O2S/c1-2-23-17(24)12-16(18(25)22-15-11-7-6-10-14(15)20)26-19(23)21-13-8-4-3-5-9-13/h3-11,16H,2,12H2,1H3,(H,22,25). The summed E-state index contributed by atoms with van der Waals surface area (Å²) >= 11 is 7.39. The smallest absolute Gasteiger partial charge is 0.238 e. The van der Waals surface area contributed by atoms with Crippen LogP contribution in [-0.4, -0.2) is 33.7 Å². The van der Waals surface area contributed by atoms with Gasteiger partial charge in [0, 0.05) is 13.0 Å². The molecular formula is C19H18ClN3O2S. The van der Waals surface area contributed by atoms with Crippen molar-refractivity contribution in [3.63, 3.8) is 0 Å². The fourth-order valence-corrected chi connectivity index (χ4v) is 3.89. The van der Waals surface area contributed by atoms with Crippen molar-refractivity contribution < 1.29 is 9.59 Å². The number of thioether (sulfide) groups is 1. The fraction of sp³-hybridized carbons (Fsp3) is 0.211. The lowest BCUT2D eigenvalue weighted by molar-refractivity contribution is -0.129. The van der Waals surface area contributed by atoms with E-state index in [1.165, 1.54) is 11.8 Å². The summed E-state index contributed by atoms with van der Waals surface area (Å²) in [5.41, 5.74) is 1.28. The second-order valence-corrected chi connectivity index (χ2v) is 7.22. The van der Waals surface area contributed by atoms with Crippen molar-refractivity contribution in [2.24, 2.45) is 4.99 Å². The number of amidine groups is 1. The monoisotopic (exact) mass is 387 g/mol. The van der Waals surface area contributed by atoms with Crippen LogP contribution in [0.4, 0.5) is 11.4 Å². The number of carbonyl (C=O) groups is 2. The van der Waals surface area contributed by atoms with Gasteiger partial charge < -0.3 is 5.32 Å². The van der Waals surface area contributed by atoms with Gasteiger partial charge in [-0.3, -0.25) is 14.5 Å². The lowest BCUT2D eigenvalue weighted by Gasteiger charge is -2.31. The van der Waals surface area contributed by atoms with Crippen molar-refractivity contribution in [3.05, 3.63) is 59.6 Å². The molecule has 5 nitrogen and oxygen atoms in total. The Hall–Kier alpha value is -2.31. The molecule has 0 aromatic heterocycles. The van der Waals surface area contributed by atoms with Crippen LogP contribution in [0.5, 0.6) is 0 Å². The highest BCUT2D eigenvalue weighted by Crippen LogP contribution is 2.30. The quantitative estimate of drug-likeness (QED) is 0.849. The Morgan fingerprint density at radius 2 is 1.92 bits per heavy atom. The van der Waals surface area contributed by atoms with Crippen LogP contribution in [0.25, 0.3) is 0 Å². The van der Waals surface area contributed by atoms with Gasteiger partial charge in [0.25, 0.3) is 0 Å². The molecule has 2 aromatic rings. The second-order valence-electron chi connectivity index (χ2n) is 5.65. The zero-order valence-electron chi connectivity index (χ0n) is 14.2. The van der Waals surface area contributed by atoms with Gasteiger partial charge in [-0.05, 0) is 31.2 Å². The van der Waals surface area contributed by atoms with E-state index in [9.17, 15) is 9.59 Å². The number of aliphatic imine (C=N–C) groups is 1. The molecule has 0 aliphatic carbocycles. The van der Waals surface area contributed by atoms with Crippen LogP contribution in [0, 0.1) is 0 Å². The van der Waals surface area contributed by atoms with Crippen molar-refractivity contribution in [2.45, 2.75) is 18.6 Å². The Morgan fingerprint density at radius 1 is 1.23 bits per heavy atom. The molecule has 7 heteroatoms. The normalized spacial score (nSPS) is 18.8. The molecule has 2 aromatic carbocycles. The van der Waals surface area contributed by atoms with E-state index in [0.717, 1.165) is 5.69 Å². The topological polar surface area (TPSA) is 61.8 Å². The third kappa shape index (κ3) is 4.26. The molecule has 1 aliphatic heterocycles. The molecule has 3 rings (SSSR count). The molecule has 2 amide bonds. The van der Waals surface area contributed by atoms with Gasteiger partial charge in [0.2, 0.25) is 11.8 Å². The number of nitrogens with one attached hydrogen (secondary N) is 1. The Kier molecular flexibility index (Phi) is 5.96. The maximum absolute atomic E-state index is 12.6. The van der Waals surface area contributed by atoms with Gasteiger partial charge in [0.1, 0.15) is 5.25 Å². The van der Waals surface area contributed by atoms with Gasteiger partial charge in [-0.25, -0.2) is 4.99 Å². The van der Waals surface area contributed by atoms with Gasteiger partial charge in [-0.1, -0.05) is 53.7 Å². The van der Waals surface area contributed by atoms with E-state index in [1.807, 2.05) is 37.3 Å². The molecule has 1 unspecified atom stereocenters. The van der Waals surface area contributed by atoms with E-state index in [2.05, 4.69) is 10.3 Å². The van der Waals surface area contributed by atoms with Gasteiger partial charge in [-0.2, -0.15) is 0 Å². The third-order valence-electron chi connectivity index (χ3n) is 3.86. The summed E-state index contributed by atoms with van der Waals surface area (Å²) in [7, 11) is 0. The molecule has 1 saturated heterocycles. The minimum absolute atomic E-state index is 0.111. The predicted octanol–water partition coefficient (Wildman–Crippen LogP) is 4.32. The number of benzene rings is 2. The number of rotatable bonds is 4. The Balaban J connectivity index is 1.81. The predicted molar refractivity (Wildman–Crippen MR) is 107 cm³/mol. The fourth-order valence-electron chi connectivity index (χ4n) is 2.54. The molecule has 0 saturated carbocycles. The van der Waals surface area contributed by atoms with Crippen molar-refractivity contribution >= 4 is 51.7 Å². The van der Waals surface area contributed by atoms with Gasteiger partial charge in [-0.15, -0.1) is 0 Å². The molecule has 26 heavy (non-hydrogen) atoms. The maximum atomic E-state index is 12.6. The Morgan fingerprint density at radius 3 is 2.62 bits per heavy atom. The number of halogens is 1. The first kappa shape index (κ1) is 18.5. The third-order valence-corrected chi connectivity index (χ3v) is 5.38. The zero-order valence-corrected chi connectivity index (χ0v) is 15.8. The average molecular weight is 388 g/mol. The Labute approximate surface area is 161 Å². The molecule has 1 fully saturated rings. The summed E-state index contributed by atoms with van der Waals surface area (Å²) in [6.45, 7) is 2.40. The maximum Gasteiger partial charge on any atom is 0.238 e. The highest BCUT2D eigenvalue weighted by molar-refractivity contribution is 8.15. The van der Waals surface area contributed by atoms with Crippen LogP contribution in [0.3, 0.4) is 0 Å². The van der Waals surface area contributed by atoms with Crippen LogP contribution in [0.1, 0.15) is 13.3 Å². The number of nitrogens with zero attached hydrogens (tertiary/aromatic N) is 2. The van der Waals surface area contributed by atoms with E-state index < -0.39 is 5.25 Å². The highest BCUT2D eigenvalue weighted by atomic mass is 35.5. The van der Waals surface area contributed by atoms with Gasteiger partial charge >= 0.3 is 0 Å². The summed E-state index contributed by atoms with van der Waals surface area (Å²) in [6.07, 6.45) is 0.128. The highest BCUT2D eigenvalue weighted by Gasteiger charge is 2.35. The van der Waals surface area contributed by atoms with E-state index in [1.54, 1.807) is 29.2 Å². The number of amides is 2.